The van der Waals surface area contributed by atoms with E-state index in [1.807, 2.05) is 0 Å². The van der Waals surface area contributed by atoms with Gasteiger partial charge in [0.2, 0.25) is 19.6 Å². The summed E-state index contributed by atoms with van der Waals surface area (Å²) in [6.07, 6.45) is 0. The van der Waals surface area contributed by atoms with Crippen LogP contribution >= 0.6 is 0 Å². The molecule has 0 saturated carbocycles. The summed E-state index contributed by atoms with van der Waals surface area (Å²) in [5.41, 5.74) is 0. The standard InChI is InChI=1S/C18H20S2.2BF4/c1-17(2)18(3,4)20-15-11-7-5-9-13(15)19(17)14-10-6-8-12-16(14)20;2*2-1(3,4)5/h5-12H,1-4H3;;/q+2;2*-1. The molecule has 2 aromatic rings. The fourth-order valence-electron chi connectivity index (χ4n) is 3.40. The van der Waals surface area contributed by atoms with E-state index in [9.17, 15) is 34.5 Å². The summed E-state index contributed by atoms with van der Waals surface area (Å²) in [5, 5.41) is 0. The molecule has 0 aliphatic carbocycles. The second-order valence-corrected chi connectivity index (χ2v) is 12.5. The van der Waals surface area contributed by atoms with E-state index < -0.39 is 14.5 Å². The first kappa shape index (κ1) is 25.0. The second kappa shape index (κ2) is 8.33. The largest absolute Gasteiger partial charge is 0.673 e. The Balaban J connectivity index is 0.000000271. The van der Waals surface area contributed by atoms with E-state index in [-0.39, 0.29) is 21.8 Å². The molecule has 166 valence electrons. The van der Waals surface area contributed by atoms with E-state index in [0.717, 1.165) is 0 Å². The van der Waals surface area contributed by atoms with Crippen LogP contribution in [0.5, 0.6) is 0 Å². The van der Waals surface area contributed by atoms with Crippen LogP contribution in [0.15, 0.2) is 68.1 Å². The van der Waals surface area contributed by atoms with Crippen molar-refractivity contribution in [3.8, 4) is 0 Å². The van der Waals surface area contributed by atoms with Gasteiger partial charge in [0.05, 0.1) is 21.8 Å². The molecule has 0 nitrogen and oxygen atoms in total. The fraction of sp³-hybridized carbons (Fsp3) is 0.333. The lowest BCUT2D eigenvalue weighted by molar-refractivity contribution is 0.366. The van der Waals surface area contributed by atoms with Gasteiger partial charge in [-0.2, -0.15) is 0 Å². The molecule has 0 saturated heterocycles. The molecule has 0 unspecified atom stereocenters. The Labute approximate surface area is 176 Å². The second-order valence-electron chi connectivity index (χ2n) is 7.52. The Morgan fingerprint density at radius 1 is 0.500 bits per heavy atom. The lowest BCUT2D eigenvalue weighted by Gasteiger charge is -2.45. The predicted octanol–water partition coefficient (Wildman–Crippen LogP) is 7.24. The minimum Gasteiger partial charge on any atom is -0.418 e. The third-order valence-electron chi connectivity index (χ3n) is 5.05. The van der Waals surface area contributed by atoms with Gasteiger partial charge in [0.1, 0.15) is 0 Å². The summed E-state index contributed by atoms with van der Waals surface area (Å²) in [6.45, 7) is 9.90. The molecule has 3 heterocycles. The monoisotopic (exact) mass is 474 g/mol. The average Bonchev–Trinajstić information content (AvgIpc) is 2.54. The van der Waals surface area contributed by atoms with Crippen LogP contribution in [0, 0.1) is 0 Å². The Morgan fingerprint density at radius 2 is 0.667 bits per heavy atom. The van der Waals surface area contributed by atoms with Gasteiger partial charge in [-0.1, -0.05) is 24.3 Å². The van der Waals surface area contributed by atoms with E-state index in [2.05, 4.69) is 76.2 Å². The van der Waals surface area contributed by atoms with E-state index in [4.69, 9.17) is 0 Å². The third-order valence-corrected chi connectivity index (χ3v) is 11.7. The Hall–Kier alpha value is -1.29. The smallest absolute Gasteiger partial charge is 0.418 e. The highest BCUT2D eigenvalue weighted by atomic mass is 32.2. The maximum absolute atomic E-state index is 9.75. The highest BCUT2D eigenvalue weighted by molar-refractivity contribution is 8.07. The summed E-state index contributed by atoms with van der Waals surface area (Å²) in [5.74, 6) is 0. The molecule has 0 aromatic heterocycles. The van der Waals surface area contributed by atoms with Gasteiger partial charge in [-0.3, -0.25) is 0 Å². The molecule has 0 atom stereocenters. The fourth-order valence-corrected chi connectivity index (χ4v) is 10.5. The summed E-state index contributed by atoms with van der Waals surface area (Å²) in [6, 6.07) is 18.3. The zero-order valence-electron chi connectivity index (χ0n) is 16.6. The van der Waals surface area contributed by atoms with Crippen molar-refractivity contribution in [1.82, 2.24) is 0 Å². The number of rotatable bonds is 0. The van der Waals surface area contributed by atoms with Crippen LogP contribution in [0.3, 0.4) is 0 Å². The van der Waals surface area contributed by atoms with Crippen LogP contribution in [0.25, 0.3) is 0 Å². The molecule has 2 bridgehead atoms. The molecule has 0 fully saturated rings. The summed E-state index contributed by atoms with van der Waals surface area (Å²) >= 11 is 0. The van der Waals surface area contributed by atoms with Crippen molar-refractivity contribution in [2.24, 2.45) is 0 Å². The van der Waals surface area contributed by atoms with Crippen molar-refractivity contribution in [1.29, 1.82) is 0 Å². The average molecular weight is 474 g/mol. The number of hydrogen-bond acceptors (Lipinski definition) is 0. The molecular weight excluding hydrogens is 454 g/mol. The zero-order valence-corrected chi connectivity index (χ0v) is 18.2. The summed E-state index contributed by atoms with van der Waals surface area (Å²) in [7, 11) is -11.6. The van der Waals surface area contributed by atoms with Gasteiger partial charge in [-0.25, -0.2) is 0 Å². The van der Waals surface area contributed by atoms with Crippen molar-refractivity contribution in [3.63, 3.8) is 0 Å². The summed E-state index contributed by atoms with van der Waals surface area (Å²) < 4.78 is 78.6. The quantitative estimate of drug-likeness (QED) is 0.215. The molecule has 0 spiro atoms. The first-order chi connectivity index (χ1) is 13.5. The van der Waals surface area contributed by atoms with Gasteiger partial charge in [0.15, 0.2) is 9.49 Å². The van der Waals surface area contributed by atoms with Crippen molar-refractivity contribution >= 4 is 36.3 Å². The van der Waals surface area contributed by atoms with E-state index >= 15 is 0 Å². The highest BCUT2D eigenvalue weighted by Gasteiger charge is 2.74. The van der Waals surface area contributed by atoms with Gasteiger partial charge < -0.3 is 34.5 Å². The van der Waals surface area contributed by atoms with Crippen LogP contribution in [0.4, 0.5) is 34.5 Å². The molecule has 3 aliphatic heterocycles. The van der Waals surface area contributed by atoms with Crippen LogP contribution in [-0.4, -0.2) is 24.0 Å². The minimum atomic E-state index is -6.00. The molecule has 0 N–H and O–H groups in total. The molecular formula is C18H20B2F8S2. The van der Waals surface area contributed by atoms with Gasteiger partial charge in [-0.15, -0.1) is 0 Å². The Bertz CT molecular complexity index is 765. The van der Waals surface area contributed by atoms with E-state index in [1.165, 1.54) is 0 Å². The first-order valence-electron chi connectivity index (χ1n) is 8.88. The Kier molecular flexibility index (Phi) is 6.94. The molecule has 2 aromatic carbocycles. The molecule has 12 heteroatoms. The van der Waals surface area contributed by atoms with Gasteiger partial charge in [-0.05, 0) is 52.0 Å². The number of benzene rings is 2. The maximum atomic E-state index is 9.75. The van der Waals surface area contributed by atoms with Gasteiger partial charge in [0, 0.05) is 0 Å². The predicted molar refractivity (Wildman–Crippen MR) is 109 cm³/mol. The SMILES string of the molecule is CC1(C)[S+]2c3ccccc3[S+](c3ccccc32)C1(C)C.F[B-](F)(F)F.F[B-](F)(F)F. The maximum Gasteiger partial charge on any atom is 0.673 e. The molecule has 5 rings (SSSR count). The Morgan fingerprint density at radius 3 is 0.833 bits per heavy atom. The topological polar surface area (TPSA) is 0 Å². The van der Waals surface area contributed by atoms with E-state index in [0.29, 0.717) is 9.49 Å². The van der Waals surface area contributed by atoms with Gasteiger partial charge in [0.25, 0.3) is 0 Å². The van der Waals surface area contributed by atoms with Crippen LogP contribution in [-0.2, 0) is 21.8 Å². The lowest BCUT2D eigenvalue weighted by Crippen LogP contribution is -2.62. The normalized spacial score (nSPS) is 22.5. The van der Waals surface area contributed by atoms with Crippen LogP contribution in [0.2, 0.25) is 0 Å². The zero-order chi connectivity index (χ0) is 23.1. The van der Waals surface area contributed by atoms with Crippen LogP contribution < -0.4 is 0 Å². The van der Waals surface area contributed by atoms with Crippen molar-refractivity contribution in [3.05, 3.63) is 48.5 Å². The van der Waals surface area contributed by atoms with Crippen molar-refractivity contribution in [2.45, 2.75) is 56.8 Å². The molecule has 30 heavy (non-hydrogen) atoms. The number of fused-ring (bicyclic) bond motifs is 1. The molecule has 0 amide bonds. The van der Waals surface area contributed by atoms with Crippen molar-refractivity contribution in [2.75, 3.05) is 0 Å². The minimum absolute atomic E-state index is 0.192. The third kappa shape index (κ3) is 5.30. The number of hydrogen-bond donors (Lipinski definition) is 0. The van der Waals surface area contributed by atoms with Crippen molar-refractivity contribution < 1.29 is 34.5 Å². The lowest BCUT2D eigenvalue weighted by atomic mass is 9.98. The van der Waals surface area contributed by atoms with Crippen LogP contribution in [0.1, 0.15) is 27.7 Å². The number of halogens is 8. The highest BCUT2D eigenvalue weighted by Crippen LogP contribution is 2.61. The molecule has 3 aliphatic rings. The molecule has 0 radical (unpaired) electrons. The van der Waals surface area contributed by atoms with Gasteiger partial charge >= 0.3 is 14.5 Å². The summed E-state index contributed by atoms with van der Waals surface area (Å²) in [4.78, 5) is 6.38. The van der Waals surface area contributed by atoms with E-state index in [1.54, 1.807) is 19.6 Å². The first-order valence-corrected chi connectivity index (χ1v) is 11.3.